The van der Waals surface area contributed by atoms with Crippen molar-refractivity contribution >= 4 is 49.6 Å². The van der Waals surface area contributed by atoms with Crippen molar-refractivity contribution in [3.8, 4) is 50.2 Å². The minimum atomic E-state index is -0.121. The number of aromatic nitrogens is 1. The third-order valence-corrected chi connectivity index (χ3v) is 13.4. The second-order valence-corrected chi connectivity index (χ2v) is 17.4. The lowest BCUT2D eigenvalue weighted by Crippen LogP contribution is -2.16. The SMILES string of the molecule is CC1(C)c2ccccc2-c2ccc(N(c3ccc(-c4cccc5c4c4ccccc4n5-c4ccc5ccccc5c4)cc3)c3cccc(-c4ccc(-c5ccccc5)cc4)c3)cc21. The number of benzene rings is 10. The molecule has 1 aromatic heterocycles. The fourth-order valence-electron chi connectivity index (χ4n) is 10.2. The highest BCUT2D eigenvalue weighted by molar-refractivity contribution is 6.16. The van der Waals surface area contributed by atoms with E-state index in [9.17, 15) is 0 Å². The average molecular weight is 805 g/mol. The van der Waals surface area contributed by atoms with Crippen LogP contribution in [-0.4, -0.2) is 4.57 Å². The zero-order valence-corrected chi connectivity index (χ0v) is 35.3. The number of hydrogen-bond donors (Lipinski definition) is 0. The van der Waals surface area contributed by atoms with Crippen LogP contribution in [0.3, 0.4) is 0 Å². The molecule has 1 aliphatic carbocycles. The normalized spacial score (nSPS) is 12.7. The molecule has 0 atom stereocenters. The van der Waals surface area contributed by atoms with Crippen molar-refractivity contribution in [3.05, 3.63) is 242 Å². The van der Waals surface area contributed by atoms with Crippen LogP contribution in [0, 0.1) is 0 Å². The van der Waals surface area contributed by atoms with E-state index < -0.39 is 0 Å². The Labute approximate surface area is 368 Å². The summed E-state index contributed by atoms with van der Waals surface area (Å²) in [5.41, 5.74) is 19.4. The van der Waals surface area contributed by atoms with E-state index in [0.717, 1.165) is 22.7 Å². The molecule has 0 saturated heterocycles. The molecule has 1 heterocycles. The molecule has 1 aliphatic rings. The van der Waals surface area contributed by atoms with Gasteiger partial charge in [-0.15, -0.1) is 0 Å². The Kier molecular flexibility index (Phi) is 8.55. The topological polar surface area (TPSA) is 8.17 Å². The maximum atomic E-state index is 2.43. The molecule has 0 spiro atoms. The van der Waals surface area contributed by atoms with Crippen LogP contribution in [0.15, 0.2) is 231 Å². The fraction of sp³-hybridized carbons (Fsp3) is 0.0492. The summed E-state index contributed by atoms with van der Waals surface area (Å²) in [5, 5.41) is 4.99. The first-order valence-corrected chi connectivity index (χ1v) is 21.9. The number of nitrogens with zero attached hydrogens (tertiary/aromatic N) is 2. The Morgan fingerprint density at radius 3 is 1.78 bits per heavy atom. The Morgan fingerprint density at radius 2 is 0.937 bits per heavy atom. The van der Waals surface area contributed by atoms with Gasteiger partial charge in [0, 0.05) is 38.9 Å². The Balaban J connectivity index is 0.980. The van der Waals surface area contributed by atoms with Crippen molar-refractivity contribution in [2.24, 2.45) is 0 Å². The first-order valence-electron chi connectivity index (χ1n) is 21.9. The maximum Gasteiger partial charge on any atom is 0.0547 e. The van der Waals surface area contributed by atoms with Gasteiger partial charge in [0.25, 0.3) is 0 Å². The molecule has 0 unspecified atom stereocenters. The number of para-hydroxylation sites is 1. The van der Waals surface area contributed by atoms with Gasteiger partial charge in [-0.2, -0.15) is 0 Å². The molecule has 0 amide bonds. The Bertz CT molecular complexity index is 3520. The first kappa shape index (κ1) is 36.9. The molecule has 2 nitrogen and oxygen atoms in total. The van der Waals surface area contributed by atoms with Gasteiger partial charge in [0.15, 0.2) is 0 Å². The second-order valence-electron chi connectivity index (χ2n) is 17.4. The van der Waals surface area contributed by atoms with E-state index >= 15 is 0 Å². The molecule has 63 heavy (non-hydrogen) atoms. The highest BCUT2D eigenvalue weighted by atomic mass is 15.1. The zero-order chi connectivity index (χ0) is 42.1. The Morgan fingerprint density at radius 1 is 0.349 bits per heavy atom. The minimum absolute atomic E-state index is 0.121. The standard InChI is InChI=1S/C61H44N2/c1-61(2)56-23-10-8-20-53(56)54-37-36-51(40-57(54)61)62(49-19-12-18-47(38-49)44-28-26-43(27-29-44)41-14-4-3-5-15-41)48-33-31-45(32-34-48)52-22-13-25-59-60(52)55-21-9-11-24-58(55)63(59)50-35-30-42-16-6-7-17-46(42)39-50/h3-40H,1-2H3. The lowest BCUT2D eigenvalue weighted by Gasteiger charge is -2.28. The van der Waals surface area contributed by atoms with Gasteiger partial charge < -0.3 is 9.47 Å². The van der Waals surface area contributed by atoms with E-state index in [1.54, 1.807) is 0 Å². The summed E-state index contributed by atoms with van der Waals surface area (Å²) in [7, 11) is 0. The molecule has 0 aliphatic heterocycles. The lowest BCUT2D eigenvalue weighted by atomic mass is 9.82. The third kappa shape index (κ3) is 6.09. The number of hydrogen-bond acceptors (Lipinski definition) is 1. The summed E-state index contributed by atoms with van der Waals surface area (Å²) in [5.74, 6) is 0. The average Bonchev–Trinajstić information content (AvgIpc) is 3.80. The predicted octanol–water partition coefficient (Wildman–Crippen LogP) is 16.7. The number of rotatable bonds is 7. The smallest absolute Gasteiger partial charge is 0.0547 e. The van der Waals surface area contributed by atoms with Crippen LogP contribution in [-0.2, 0) is 5.41 Å². The largest absolute Gasteiger partial charge is 0.310 e. The molecular formula is C61H44N2. The van der Waals surface area contributed by atoms with E-state index in [0.29, 0.717) is 0 Å². The summed E-state index contributed by atoms with van der Waals surface area (Å²) in [6.07, 6.45) is 0. The van der Waals surface area contributed by atoms with Crippen molar-refractivity contribution in [1.29, 1.82) is 0 Å². The van der Waals surface area contributed by atoms with E-state index in [4.69, 9.17) is 0 Å². The van der Waals surface area contributed by atoms with E-state index in [2.05, 4.69) is 254 Å². The first-order chi connectivity index (χ1) is 31.0. The maximum absolute atomic E-state index is 2.43. The van der Waals surface area contributed by atoms with Gasteiger partial charge >= 0.3 is 0 Å². The summed E-state index contributed by atoms with van der Waals surface area (Å²) >= 11 is 0. The summed E-state index contributed by atoms with van der Waals surface area (Å²) in [6.45, 7) is 4.72. The lowest BCUT2D eigenvalue weighted by molar-refractivity contribution is 0.660. The van der Waals surface area contributed by atoms with Gasteiger partial charge in [-0.25, -0.2) is 0 Å². The molecule has 298 valence electrons. The monoisotopic (exact) mass is 804 g/mol. The molecular weight excluding hydrogens is 761 g/mol. The van der Waals surface area contributed by atoms with Crippen molar-refractivity contribution in [2.45, 2.75) is 19.3 Å². The third-order valence-electron chi connectivity index (χ3n) is 13.4. The number of anilines is 3. The molecule has 11 aromatic rings. The molecule has 0 fully saturated rings. The van der Waals surface area contributed by atoms with Crippen LogP contribution >= 0.6 is 0 Å². The molecule has 10 aromatic carbocycles. The van der Waals surface area contributed by atoms with Crippen LogP contribution < -0.4 is 4.90 Å². The van der Waals surface area contributed by atoms with E-state index in [-0.39, 0.29) is 5.41 Å². The van der Waals surface area contributed by atoms with Gasteiger partial charge in [0.2, 0.25) is 0 Å². The molecule has 0 radical (unpaired) electrons. The second kappa shape index (κ2) is 14.6. The highest BCUT2D eigenvalue weighted by Gasteiger charge is 2.35. The van der Waals surface area contributed by atoms with Crippen molar-refractivity contribution < 1.29 is 0 Å². The highest BCUT2D eigenvalue weighted by Crippen LogP contribution is 2.51. The van der Waals surface area contributed by atoms with Crippen LogP contribution in [0.5, 0.6) is 0 Å². The van der Waals surface area contributed by atoms with E-state index in [1.807, 2.05) is 0 Å². The van der Waals surface area contributed by atoms with Gasteiger partial charge in [-0.3, -0.25) is 0 Å². The fourth-order valence-corrected chi connectivity index (χ4v) is 10.2. The molecule has 0 saturated carbocycles. The summed E-state index contributed by atoms with van der Waals surface area (Å²) in [4.78, 5) is 2.43. The van der Waals surface area contributed by atoms with Crippen molar-refractivity contribution in [3.63, 3.8) is 0 Å². The van der Waals surface area contributed by atoms with Crippen LogP contribution in [0.2, 0.25) is 0 Å². The molecule has 2 heteroatoms. The molecule has 12 rings (SSSR count). The van der Waals surface area contributed by atoms with Crippen LogP contribution in [0.25, 0.3) is 82.8 Å². The Hall–Kier alpha value is -7.94. The summed E-state index contributed by atoms with van der Waals surface area (Å²) < 4.78 is 2.42. The predicted molar refractivity (Wildman–Crippen MR) is 267 cm³/mol. The minimum Gasteiger partial charge on any atom is -0.310 e. The van der Waals surface area contributed by atoms with Crippen LogP contribution in [0.4, 0.5) is 17.1 Å². The van der Waals surface area contributed by atoms with Gasteiger partial charge in [0.1, 0.15) is 0 Å². The van der Waals surface area contributed by atoms with Gasteiger partial charge in [-0.1, -0.05) is 184 Å². The zero-order valence-electron chi connectivity index (χ0n) is 35.3. The van der Waals surface area contributed by atoms with Gasteiger partial charge in [0.05, 0.1) is 11.0 Å². The van der Waals surface area contributed by atoms with Crippen LogP contribution in [0.1, 0.15) is 25.0 Å². The van der Waals surface area contributed by atoms with Crippen molar-refractivity contribution in [1.82, 2.24) is 4.57 Å². The van der Waals surface area contributed by atoms with E-state index in [1.165, 1.54) is 88.2 Å². The molecule has 0 N–H and O–H groups in total. The van der Waals surface area contributed by atoms with Crippen molar-refractivity contribution in [2.75, 3.05) is 4.90 Å². The summed E-state index contributed by atoms with van der Waals surface area (Å²) in [6, 6.07) is 84.6. The quantitative estimate of drug-likeness (QED) is 0.156. The number of fused-ring (bicyclic) bond motifs is 7. The molecule has 0 bridgehead atoms. The van der Waals surface area contributed by atoms with Gasteiger partial charge in [-0.05, 0) is 127 Å².